The Morgan fingerprint density at radius 2 is 2.28 bits per heavy atom. The van der Waals surface area contributed by atoms with Gasteiger partial charge in [0.2, 0.25) is 0 Å². The molecule has 1 aliphatic heterocycles. The van der Waals surface area contributed by atoms with Crippen LogP contribution in [-0.4, -0.2) is 36.5 Å². The predicted octanol–water partition coefficient (Wildman–Crippen LogP) is 1.39. The van der Waals surface area contributed by atoms with Crippen LogP contribution in [0.5, 0.6) is 0 Å². The van der Waals surface area contributed by atoms with Gasteiger partial charge < -0.3 is 20.5 Å². The summed E-state index contributed by atoms with van der Waals surface area (Å²) >= 11 is 0. The summed E-state index contributed by atoms with van der Waals surface area (Å²) in [5, 5.41) is 15.4. The minimum absolute atomic E-state index is 0.157. The molecule has 1 amide bonds. The normalized spacial score (nSPS) is 18.6. The highest BCUT2D eigenvalue weighted by Gasteiger charge is 2.21. The fraction of sp³-hybridized carbons (Fsp3) is 0.769. The van der Waals surface area contributed by atoms with Crippen molar-refractivity contribution in [2.45, 2.75) is 45.8 Å². The van der Waals surface area contributed by atoms with Crippen LogP contribution in [0.1, 0.15) is 33.6 Å². The van der Waals surface area contributed by atoms with E-state index in [-0.39, 0.29) is 18.6 Å². The molecule has 0 radical (unpaired) electrons. The Balaban J connectivity index is 2.34. The van der Waals surface area contributed by atoms with E-state index in [0.717, 1.165) is 25.1 Å². The number of amides is 1. The van der Waals surface area contributed by atoms with E-state index in [4.69, 9.17) is 4.74 Å². The molecule has 2 unspecified atom stereocenters. The van der Waals surface area contributed by atoms with Crippen LogP contribution in [-0.2, 0) is 4.74 Å². The smallest absolute Gasteiger partial charge is 0.407 e. The number of alkyl carbamates (subject to hydrolysis) is 1. The molecule has 1 rings (SSSR count). The lowest BCUT2D eigenvalue weighted by atomic mass is 10.00. The average Bonchev–Trinajstić information content (AvgIpc) is 2.34. The molecule has 0 fully saturated rings. The first-order chi connectivity index (χ1) is 8.50. The Hall–Kier alpha value is -1.23. The van der Waals surface area contributed by atoms with Crippen molar-refractivity contribution in [3.8, 4) is 0 Å². The number of rotatable bonds is 5. The number of hydrogen-bond donors (Lipinski definition) is 3. The summed E-state index contributed by atoms with van der Waals surface area (Å²) < 4.78 is 5.12. The lowest BCUT2D eigenvalue weighted by Gasteiger charge is -2.25. The number of aliphatic hydroxyl groups is 1. The van der Waals surface area contributed by atoms with Gasteiger partial charge in [-0.25, -0.2) is 4.79 Å². The van der Waals surface area contributed by atoms with Gasteiger partial charge in [0.1, 0.15) is 6.61 Å². The molecule has 5 nitrogen and oxygen atoms in total. The third kappa shape index (κ3) is 4.96. The van der Waals surface area contributed by atoms with Gasteiger partial charge in [-0.05, 0) is 25.7 Å². The molecule has 18 heavy (non-hydrogen) atoms. The van der Waals surface area contributed by atoms with Crippen molar-refractivity contribution in [3.63, 3.8) is 0 Å². The highest BCUT2D eigenvalue weighted by molar-refractivity contribution is 5.67. The van der Waals surface area contributed by atoms with E-state index in [1.54, 1.807) is 6.92 Å². The molecule has 3 N–H and O–H groups in total. The van der Waals surface area contributed by atoms with Crippen molar-refractivity contribution in [2.75, 3.05) is 13.2 Å². The molecule has 0 aromatic heterocycles. The topological polar surface area (TPSA) is 70.6 Å². The fourth-order valence-electron chi connectivity index (χ4n) is 1.97. The van der Waals surface area contributed by atoms with Gasteiger partial charge in [0.25, 0.3) is 0 Å². The van der Waals surface area contributed by atoms with Gasteiger partial charge in [-0.3, -0.25) is 0 Å². The zero-order valence-corrected chi connectivity index (χ0v) is 11.4. The molecule has 1 aliphatic rings. The van der Waals surface area contributed by atoms with Gasteiger partial charge in [0.05, 0.1) is 12.1 Å². The van der Waals surface area contributed by atoms with Crippen molar-refractivity contribution in [3.05, 3.63) is 11.8 Å². The monoisotopic (exact) mass is 256 g/mol. The summed E-state index contributed by atoms with van der Waals surface area (Å²) in [6.07, 6.45) is 3.11. The summed E-state index contributed by atoms with van der Waals surface area (Å²) in [4.78, 5) is 11.6. The van der Waals surface area contributed by atoms with E-state index >= 15 is 0 Å². The second kappa shape index (κ2) is 7.26. The third-order valence-corrected chi connectivity index (χ3v) is 3.00. The number of allylic oxidation sites excluding steroid dienone is 1. The Kier molecular flexibility index (Phi) is 5.98. The number of nitrogens with one attached hydrogen (secondary N) is 2. The second-order valence-corrected chi connectivity index (χ2v) is 5.03. The van der Waals surface area contributed by atoms with Gasteiger partial charge in [-0.15, -0.1) is 0 Å². The maximum Gasteiger partial charge on any atom is 0.407 e. The Labute approximate surface area is 109 Å². The molecule has 0 aromatic rings. The lowest BCUT2D eigenvalue weighted by molar-refractivity contribution is 0.102. The van der Waals surface area contributed by atoms with E-state index in [0.29, 0.717) is 0 Å². The Morgan fingerprint density at radius 1 is 1.56 bits per heavy atom. The van der Waals surface area contributed by atoms with Crippen LogP contribution in [0.4, 0.5) is 4.79 Å². The highest BCUT2D eigenvalue weighted by Crippen LogP contribution is 2.07. The fourth-order valence-corrected chi connectivity index (χ4v) is 1.97. The van der Waals surface area contributed by atoms with Crippen molar-refractivity contribution < 1.29 is 14.6 Å². The van der Waals surface area contributed by atoms with E-state index in [1.165, 1.54) is 0 Å². The molecule has 104 valence electrons. The molecule has 1 heterocycles. The van der Waals surface area contributed by atoms with E-state index in [1.807, 2.05) is 19.9 Å². The van der Waals surface area contributed by atoms with Crippen molar-refractivity contribution in [2.24, 2.45) is 5.92 Å². The van der Waals surface area contributed by atoms with Crippen LogP contribution in [0.2, 0.25) is 0 Å². The first-order valence-corrected chi connectivity index (χ1v) is 6.55. The summed E-state index contributed by atoms with van der Waals surface area (Å²) in [5.41, 5.74) is 0.953. The van der Waals surface area contributed by atoms with Gasteiger partial charge in [-0.1, -0.05) is 19.9 Å². The molecule has 0 aliphatic carbocycles. The molecule has 0 saturated carbocycles. The lowest BCUT2D eigenvalue weighted by Crippen LogP contribution is -2.46. The molecular weight excluding hydrogens is 232 g/mol. The van der Waals surface area contributed by atoms with E-state index in [2.05, 4.69) is 10.6 Å². The van der Waals surface area contributed by atoms with Crippen molar-refractivity contribution in [1.82, 2.24) is 10.6 Å². The molecule has 0 spiro atoms. The summed E-state index contributed by atoms with van der Waals surface area (Å²) in [5.74, 6) is 0.157. The summed E-state index contributed by atoms with van der Waals surface area (Å²) in [6, 6.07) is -0.286. The van der Waals surface area contributed by atoms with Gasteiger partial charge >= 0.3 is 6.09 Å². The first-order valence-electron chi connectivity index (χ1n) is 6.55. The molecule has 5 heteroatoms. The molecule has 0 aromatic carbocycles. The van der Waals surface area contributed by atoms with Gasteiger partial charge in [-0.2, -0.15) is 0 Å². The van der Waals surface area contributed by atoms with Gasteiger partial charge in [0.15, 0.2) is 0 Å². The van der Waals surface area contributed by atoms with Crippen LogP contribution >= 0.6 is 0 Å². The number of carbonyl (C=O) groups excluding carboxylic acids is 1. The second-order valence-electron chi connectivity index (χ2n) is 5.03. The SMILES string of the molecule is CC(C)C(NC(=O)OCC1=CCCCN1)C(C)O. The largest absolute Gasteiger partial charge is 0.443 e. The van der Waals surface area contributed by atoms with E-state index in [9.17, 15) is 9.90 Å². The average molecular weight is 256 g/mol. The first kappa shape index (κ1) is 14.8. The van der Waals surface area contributed by atoms with E-state index < -0.39 is 12.2 Å². The van der Waals surface area contributed by atoms with Crippen molar-refractivity contribution in [1.29, 1.82) is 0 Å². The summed E-state index contributed by atoms with van der Waals surface area (Å²) in [6.45, 7) is 6.75. The molecule has 2 atom stereocenters. The maximum absolute atomic E-state index is 11.6. The van der Waals surface area contributed by atoms with Crippen LogP contribution in [0.3, 0.4) is 0 Å². The number of hydrogen-bond acceptors (Lipinski definition) is 4. The van der Waals surface area contributed by atoms with Crippen LogP contribution in [0.25, 0.3) is 0 Å². The highest BCUT2D eigenvalue weighted by atomic mass is 16.5. The van der Waals surface area contributed by atoms with Crippen LogP contribution in [0, 0.1) is 5.92 Å². The zero-order chi connectivity index (χ0) is 13.5. The molecular formula is C13H24N2O3. The third-order valence-electron chi connectivity index (χ3n) is 3.00. The maximum atomic E-state index is 11.6. The zero-order valence-electron chi connectivity index (χ0n) is 11.4. The Bertz CT molecular complexity index is 293. The quantitative estimate of drug-likeness (QED) is 0.695. The van der Waals surface area contributed by atoms with Crippen molar-refractivity contribution >= 4 is 6.09 Å². The van der Waals surface area contributed by atoms with Crippen LogP contribution in [0.15, 0.2) is 11.8 Å². The number of carbonyl (C=O) groups is 1. The molecule has 0 bridgehead atoms. The predicted molar refractivity (Wildman–Crippen MR) is 70.1 cm³/mol. The standard InChI is InChI=1S/C13H24N2O3/c1-9(2)12(10(3)16)15-13(17)18-8-11-6-4-5-7-14-11/h6,9-10,12,14,16H,4-5,7-8H2,1-3H3,(H,15,17). The molecule has 0 saturated heterocycles. The van der Waals surface area contributed by atoms with Gasteiger partial charge in [0, 0.05) is 12.2 Å². The minimum Gasteiger partial charge on any atom is -0.443 e. The number of ether oxygens (including phenoxy) is 1. The minimum atomic E-state index is -0.593. The summed E-state index contributed by atoms with van der Waals surface area (Å²) in [7, 11) is 0. The number of aliphatic hydroxyl groups excluding tert-OH is 1. The van der Waals surface area contributed by atoms with Crippen LogP contribution < -0.4 is 10.6 Å². The Morgan fingerprint density at radius 3 is 2.78 bits per heavy atom.